The molecule has 1 aromatic rings. The molecule has 2 heterocycles. The van der Waals surface area contributed by atoms with Gasteiger partial charge in [-0.1, -0.05) is 30.3 Å². The van der Waals surface area contributed by atoms with Gasteiger partial charge in [-0.3, -0.25) is 24.0 Å². The lowest BCUT2D eigenvalue weighted by Crippen LogP contribution is -2.68. The lowest BCUT2D eigenvalue weighted by molar-refractivity contribution is -0.347. The summed E-state index contributed by atoms with van der Waals surface area (Å²) in [5.41, 5.74) is 0.822. The van der Waals surface area contributed by atoms with Crippen molar-refractivity contribution >= 4 is 29.8 Å². The molecule has 2 fully saturated rings. The summed E-state index contributed by atoms with van der Waals surface area (Å²) in [5, 5.41) is 24.4. The van der Waals surface area contributed by atoms with Gasteiger partial charge in [-0.2, -0.15) is 0 Å². The Kier molecular flexibility index (Phi) is 13.2. The Hall–Kier alpha value is -3.67. The van der Waals surface area contributed by atoms with Crippen molar-refractivity contribution in [2.24, 2.45) is 0 Å². The highest BCUT2D eigenvalue weighted by atomic mass is 16.7. The fraction of sp³-hybridized carbons (Fsp3) is 0.621. The van der Waals surface area contributed by atoms with E-state index in [2.05, 4.69) is 5.32 Å². The number of aliphatic hydroxyl groups is 2. The van der Waals surface area contributed by atoms with Crippen LogP contribution in [0.15, 0.2) is 30.3 Å². The Morgan fingerprint density at radius 2 is 1.31 bits per heavy atom. The van der Waals surface area contributed by atoms with Crippen LogP contribution in [0.2, 0.25) is 0 Å². The normalized spacial score (nSPS) is 31.3. The second-order valence-corrected chi connectivity index (χ2v) is 10.5. The Labute approximate surface area is 259 Å². The maximum atomic E-state index is 12.2. The van der Waals surface area contributed by atoms with Crippen LogP contribution in [-0.2, 0) is 68.5 Å². The molecule has 2 saturated heterocycles. The average Bonchev–Trinajstić information content (AvgIpc) is 2.94. The molecule has 10 atom stereocenters. The van der Waals surface area contributed by atoms with Crippen LogP contribution < -0.4 is 5.32 Å². The Morgan fingerprint density at radius 3 is 1.89 bits per heavy atom. The molecule has 2 aliphatic rings. The lowest BCUT2D eigenvalue weighted by Gasteiger charge is -2.48. The number of aliphatic hydroxyl groups excluding tert-OH is 2. The quantitative estimate of drug-likeness (QED) is 0.189. The zero-order chi connectivity index (χ0) is 33.3. The lowest BCUT2D eigenvalue weighted by atomic mass is 9.95. The topological polar surface area (TPSA) is 212 Å². The molecule has 3 rings (SSSR count). The molecule has 1 aromatic carbocycles. The largest absolute Gasteiger partial charge is 0.463 e. The van der Waals surface area contributed by atoms with Crippen LogP contribution in [0.3, 0.4) is 0 Å². The highest BCUT2D eigenvalue weighted by molar-refractivity contribution is 5.73. The SMILES string of the molecule is CC(=O)N[C@@H]1[C@@H](O)[C@H](O[C@H]2O[C@@H](COC(C)=O)[C@H](OC(C)=O)[C@@H](OC(C)=O)[C@@H]2OC(C)=O)[C@@H](COCc2ccccc2)O[C@H]1O. The molecule has 250 valence electrons. The summed E-state index contributed by atoms with van der Waals surface area (Å²) in [4.78, 5) is 59.9. The Morgan fingerprint density at radius 1 is 0.733 bits per heavy atom. The molecule has 16 nitrogen and oxygen atoms in total. The number of ether oxygens (including phenoxy) is 8. The summed E-state index contributed by atoms with van der Waals surface area (Å²) in [6.45, 7) is 4.92. The smallest absolute Gasteiger partial charge is 0.303 e. The van der Waals surface area contributed by atoms with Crippen LogP contribution in [0.25, 0.3) is 0 Å². The number of carbonyl (C=O) groups is 5. The van der Waals surface area contributed by atoms with Gasteiger partial charge in [0.05, 0.1) is 13.2 Å². The standard InChI is InChI=1S/C29H39NO15/c1-14(31)30-22-23(36)24(20(43-28(22)37)12-38-11-19-9-7-6-8-10-19)45-29-27(42-18(5)35)26(41-17(4)34)25(40-16(3)33)21(44-29)13-39-15(2)32/h6-10,20-29,36-37H,11-13H2,1-5H3,(H,30,31)/t20-,21+,22-,23-,24-,25+,26-,27+,28-,29-/m1/s1. The summed E-state index contributed by atoms with van der Waals surface area (Å²) in [6, 6.07) is 7.74. The van der Waals surface area contributed by atoms with E-state index in [1.54, 1.807) is 0 Å². The first-order valence-electron chi connectivity index (χ1n) is 14.1. The van der Waals surface area contributed by atoms with Crippen molar-refractivity contribution in [2.45, 2.75) is 103 Å². The number of amides is 1. The van der Waals surface area contributed by atoms with Crippen molar-refractivity contribution in [3.05, 3.63) is 35.9 Å². The predicted molar refractivity (Wildman–Crippen MR) is 147 cm³/mol. The molecule has 0 spiro atoms. The molecular weight excluding hydrogens is 602 g/mol. The first-order chi connectivity index (χ1) is 21.3. The monoisotopic (exact) mass is 641 g/mol. The molecule has 16 heteroatoms. The van der Waals surface area contributed by atoms with E-state index in [4.69, 9.17) is 37.9 Å². The average molecular weight is 642 g/mol. The van der Waals surface area contributed by atoms with Crippen molar-refractivity contribution < 1.29 is 72.1 Å². The highest BCUT2D eigenvalue weighted by Gasteiger charge is 2.55. The minimum Gasteiger partial charge on any atom is -0.463 e. The van der Waals surface area contributed by atoms with Crippen molar-refractivity contribution in [1.82, 2.24) is 5.32 Å². The molecule has 0 unspecified atom stereocenters. The van der Waals surface area contributed by atoms with Gasteiger partial charge < -0.3 is 53.4 Å². The number of carbonyl (C=O) groups excluding carboxylic acids is 5. The summed E-state index contributed by atoms with van der Waals surface area (Å²) < 4.78 is 44.9. The van der Waals surface area contributed by atoms with Crippen LogP contribution in [-0.4, -0.2) is 115 Å². The second kappa shape index (κ2) is 16.6. The number of esters is 4. The van der Waals surface area contributed by atoms with Crippen LogP contribution in [0.1, 0.15) is 40.2 Å². The fourth-order valence-corrected chi connectivity index (χ4v) is 4.95. The third kappa shape index (κ3) is 10.4. The van der Waals surface area contributed by atoms with E-state index in [1.807, 2.05) is 30.3 Å². The van der Waals surface area contributed by atoms with Gasteiger partial charge in [0.2, 0.25) is 5.91 Å². The van der Waals surface area contributed by atoms with Gasteiger partial charge in [0.1, 0.15) is 37.1 Å². The van der Waals surface area contributed by atoms with Gasteiger partial charge >= 0.3 is 23.9 Å². The predicted octanol–water partition coefficient (Wildman–Crippen LogP) is -0.746. The first kappa shape index (κ1) is 35.8. The number of nitrogens with one attached hydrogen (secondary N) is 1. The summed E-state index contributed by atoms with van der Waals surface area (Å²) in [5.74, 6) is -3.81. The third-order valence-corrected chi connectivity index (χ3v) is 6.70. The first-order valence-corrected chi connectivity index (χ1v) is 14.1. The maximum absolute atomic E-state index is 12.2. The molecule has 0 aliphatic carbocycles. The highest BCUT2D eigenvalue weighted by Crippen LogP contribution is 2.33. The van der Waals surface area contributed by atoms with E-state index in [9.17, 15) is 34.2 Å². The molecule has 3 N–H and O–H groups in total. The second-order valence-electron chi connectivity index (χ2n) is 10.5. The Bertz CT molecular complexity index is 1180. The zero-order valence-corrected chi connectivity index (χ0v) is 25.5. The summed E-state index contributed by atoms with van der Waals surface area (Å²) in [6.07, 6.45) is -13.5. The van der Waals surface area contributed by atoms with Crippen molar-refractivity contribution in [2.75, 3.05) is 13.2 Å². The zero-order valence-electron chi connectivity index (χ0n) is 25.5. The maximum Gasteiger partial charge on any atom is 0.303 e. The van der Waals surface area contributed by atoms with Crippen LogP contribution in [0, 0.1) is 0 Å². The van der Waals surface area contributed by atoms with E-state index in [-0.39, 0.29) is 13.2 Å². The molecule has 45 heavy (non-hydrogen) atoms. The van der Waals surface area contributed by atoms with Crippen LogP contribution in [0.5, 0.6) is 0 Å². The van der Waals surface area contributed by atoms with Crippen molar-refractivity contribution in [3.63, 3.8) is 0 Å². The van der Waals surface area contributed by atoms with E-state index >= 15 is 0 Å². The minimum absolute atomic E-state index is 0.133. The molecule has 0 saturated carbocycles. The van der Waals surface area contributed by atoms with Gasteiger partial charge in [0.15, 0.2) is 30.9 Å². The van der Waals surface area contributed by atoms with Gasteiger partial charge in [0.25, 0.3) is 0 Å². The van der Waals surface area contributed by atoms with Crippen molar-refractivity contribution in [3.8, 4) is 0 Å². The van der Waals surface area contributed by atoms with Gasteiger partial charge in [-0.25, -0.2) is 0 Å². The number of benzene rings is 1. The summed E-state index contributed by atoms with van der Waals surface area (Å²) in [7, 11) is 0. The number of rotatable bonds is 12. The molecule has 0 radical (unpaired) electrons. The van der Waals surface area contributed by atoms with Crippen LogP contribution >= 0.6 is 0 Å². The fourth-order valence-electron chi connectivity index (χ4n) is 4.95. The number of hydrogen-bond acceptors (Lipinski definition) is 15. The van der Waals surface area contributed by atoms with Crippen molar-refractivity contribution in [1.29, 1.82) is 0 Å². The molecule has 0 bridgehead atoms. The minimum atomic E-state index is -1.68. The molecule has 2 aliphatic heterocycles. The Balaban J connectivity index is 1.98. The molecule has 0 aromatic heterocycles. The number of hydrogen-bond donors (Lipinski definition) is 3. The third-order valence-electron chi connectivity index (χ3n) is 6.70. The summed E-state index contributed by atoms with van der Waals surface area (Å²) >= 11 is 0. The van der Waals surface area contributed by atoms with E-state index in [0.29, 0.717) is 0 Å². The molecular formula is C29H39NO15. The van der Waals surface area contributed by atoms with Crippen LogP contribution in [0.4, 0.5) is 0 Å². The molecule has 1 amide bonds. The van der Waals surface area contributed by atoms with E-state index in [1.165, 1.54) is 6.92 Å². The van der Waals surface area contributed by atoms with Gasteiger partial charge in [-0.15, -0.1) is 0 Å². The van der Waals surface area contributed by atoms with E-state index in [0.717, 1.165) is 33.3 Å². The van der Waals surface area contributed by atoms with Gasteiger partial charge in [-0.05, 0) is 5.56 Å². The van der Waals surface area contributed by atoms with E-state index < -0.39 is 97.7 Å². The van der Waals surface area contributed by atoms with Gasteiger partial charge in [0, 0.05) is 34.6 Å².